The fourth-order valence-corrected chi connectivity index (χ4v) is 4.35. The van der Waals surface area contributed by atoms with Crippen LogP contribution < -0.4 is 5.32 Å². The first-order chi connectivity index (χ1) is 13.1. The number of carbonyl (C=O) groups is 1. The predicted octanol–water partition coefficient (Wildman–Crippen LogP) is 3.40. The highest BCUT2D eigenvalue weighted by molar-refractivity contribution is 5.98. The maximum absolute atomic E-state index is 12.4. The minimum atomic E-state index is 0.00189. The third-order valence-corrected chi connectivity index (χ3v) is 5.84. The molecule has 1 amide bonds. The third-order valence-electron chi connectivity index (χ3n) is 5.84. The first-order valence-corrected chi connectivity index (χ1v) is 9.43. The summed E-state index contributed by atoms with van der Waals surface area (Å²) in [4.78, 5) is 29.4. The minimum absolute atomic E-state index is 0.00189. The molecule has 0 atom stereocenters. The SMILES string of the molecule is Cc1ccc(-c2nccc(-c3cc4c([nH]3)C3(CCCC3)CNC4=O)n2)cn1. The van der Waals surface area contributed by atoms with Crippen molar-refractivity contribution in [1.29, 1.82) is 0 Å². The Morgan fingerprint density at radius 2 is 1.96 bits per heavy atom. The van der Waals surface area contributed by atoms with Crippen LogP contribution in [0.4, 0.5) is 0 Å². The normalized spacial score (nSPS) is 17.7. The molecule has 3 aromatic rings. The van der Waals surface area contributed by atoms with Gasteiger partial charge in [-0.1, -0.05) is 12.8 Å². The number of fused-ring (bicyclic) bond motifs is 2. The van der Waals surface area contributed by atoms with E-state index < -0.39 is 0 Å². The van der Waals surface area contributed by atoms with Crippen LogP contribution in [-0.4, -0.2) is 32.4 Å². The van der Waals surface area contributed by atoms with E-state index in [0.29, 0.717) is 5.82 Å². The Morgan fingerprint density at radius 3 is 2.74 bits per heavy atom. The van der Waals surface area contributed by atoms with Gasteiger partial charge in [0.25, 0.3) is 5.91 Å². The molecule has 0 radical (unpaired) electrons. The summed E-state index contributed by atoms with van der Waals surface area (Å²) in [5.74, 6) is 0.634. The maximum atomic E-state index is 12.4. The summed E-state index contributed by atoms with van der Waals surface area (Å²) in [5.41, 5.74) is 5.39. The Morgan fingerprint density at radius 1 is 1.11 bits per heavy atom. The summed E-state index contributed by atoms with van der Waals surface area (Å²) in [7, 11) is 0. The molecule has 6 heteroatoms. The average molecular weight is 359 g/mol. The molecule has 2 N–H and O–H groups in total. The molecule has 5 rings (SSSR count). The van der Waals surface area contributed by atoms with Gasteiger partial charge in [-0.3, -0.25) is 9.78 Å². The molecule has 0 aromatic carbocycles. The van der Waals surface area contributed by atoms with Crippen LogP contribution in [0.2, 0.25) is 0 Å². The molecular weight excluding hydrogens is 338 g/mol. The quantitative estimate of drug-likeness (QED) is 0.734. The number of hydrogen-bond donors (Lipinski definition) is 2. The Kier molecular flexibility index (Phi) is 3.60. The topological polar surface area (TPSA) is 83.6 Å². The first-order valence-electron chi connectivity index (χ1n) is 9.43. The van der Waals surface area contributed by atoms with Gasteiger partial charge in [-0.05, 0) is 44.0 Å². The molecule has 6 nitrogen and oxygen atoms in total. The van der Waals surface area contributed by atoms with Crippen LogP contribution in [0.3, 0.4) is 0 Å². The molecule has 1 spiro atoms. The number of aryl methyl sites for hydroxylation is 1. The van der Waals surface area contributed by atoms with Crippen molar-refractivity contribution in [3.8, 4) is 22.8 Å². The lowest BCUT2D eigenvalue weighted by Crippen LogP contribution is -2.45. The van der Waals surface area contributed by atoms with Gasteiger partial charge >= 0.3 is 0 Å². The second-order valence-electron chi connectivity index (χ2n) is 7.60. The van der Waals surface area contributed by atoms with Crippen molar-refractivity contribution >= 4 is 5.91 Å². The van der Waals surface area contributed by atoms with E-state index >= 15 is 0 Å². The van der Waals surface area contributed by atoms with E-state index in [4.69, 9.17) is 4.98 Å². The molecular formula is C21H21N5O. The van der Waals surface area contributed by atoms with E-state index in [0.717, 1.165) is 53.3 Å². The van der Waals surface area contributed by atoms with Gasteiger partial charge in [-0.25, -0.2) is 9.97 Å². The van der Waals surface area contributed by atoms with Crippen LogP contribution in [0.25, 0.3) is 22.8 Å². The molecule has 0 bridgehead atoms. The number of hydrogen-bond acceptors (Lipinski definition) is 4. The molecule has 0 unspecified atom stereocenters. The lowest BCUT2D eigenvalue weighted by molar-refractivity contribution is 0.0924. The second kappa shape index (κ2) is 6.01. The Bertz CT molecular complexity index is 1020. The molecule has 27 heavy (non-hydrogen) atoms. The van der Waals surface area contributed by atoms with Gasteiger partial charge < -0.3 is 10.3 Å². The number of nitrogens with zero attached hydrogens (tertiary/aromatic N) is 3. The molecule has 4 heterocycles. The van der Waals surface area contributed by atoms with Crippen molar-refractivity contribution in [2.45, 2.75) is 38.0 Å². The van der Waals surface area contributed by atoms with Crippen LogP contribution >= 0.6 is 0 Å². The zero-order valence-corrected chi connectivity index (χ0v) is 15.2. The van der Waals surface area contributed by atoms with Crippen molar-refractivity contribution in [3.05, 3.63) is 53.6 Å². The van der Waals surface area contributed by atoms with Crippen molar-refractivity contribution < 1.29 is 4.79 Å². The smallest absolute Gasteiger partial charge is 0.253 e. The number of aromatic amines is 1. The van der Waals surface area contributed by atoms with E-state index in [-0.39, 0.29) is 11.3 Å². The van der Waals surface area contributed by atoms with Gasteiger partial charge in [-0.15, -0.1) is 0 Å². The number of rotatable bonds is 2. The number of carbonyl (C=O) groups excluding carboxylic acids is 1. The number of aromatic nitrogens is 4. The number of amides is 1. The largest absolute Gasteiger partial charge is 0.356 e. The number of H-pyrrole nitrogens is 1. The summed E-state index contributed by atoms with van der Waals surface area (Å²) < 4.78 is 0. The van der Waals surface area contributed by atoms with Crippen LogP contribution in [0.15, 0.2) is 36.7 Å². The lowest BCUT2D eigenvalue weighted by atomic mass is 9.78. The van der Waals surface area contributed by atoms with E-state index in [1.54, 1.807) is 12.4 Å². The predicted molar refractivity (Wildman–Crippen MR) is 102 cm³/mol. The van der Waals surface area contributed by atoms with Gasteiger partial charge in [0.1, 0.15) is 0 Å². The van der Waals surface area contributed by atoms with Gasteiger partial charge in [0, 0.05) is 41.3 Å². The zero-order chi connectivity index (χ0) is 18.4. The van der Waals surface area contributed by atoms with E-state index in [2.05, 4.69) is 20.3 Å². The molecule has 1 aliphatic carbocycles. The van der Waals surface area contributed by atoms with E-state index in [9.17, 15) is 4.79 Å². The van der Waals surface area contributed by atoms with Gasteiger partial charge in [0.2, 0.25) is 0 Å². The lowest BCUT2D eigenvalue weighted by Gasteiger charge is -2.33. The fraction of sp³-hybridized carbons (Fsp3) is 0.333. The standard InChI is InChI=1S/C21H21N5O/c1-13-4-5-14(11-23-13)19-22-9-6-16(26-19)17-10-15-18(25-17)21(7-2-3-8-21)12-24-20(15)27/h4-6,9-11,25H,2-3,7-8,12H2,1H3,(H,24,27). The van der Waals surface area contributed by atoms with Crippen molar-refractivity contribution in [3.63, 3.8) is 0 Å². The minimum Gasteiger partial charge on any atom is -0.356 e. The summed E-state index contributed by atoms with van der Waals surface area (Å²) in [5, 5.41) is 3.08. The summed E-state index contributed by atoms with van der Waals surface area (Å²) in [6.07, 6.45) is 8.19. The highest BCUT2D eigenvalue weighted by atomic mass is 16.1. The maximum Gasteiger partial charge on any atom is 0.253 e. The second-order valence-corrected chi connectivity index (χ2v) is 7.60. The monoisotopic (exact) mass is 359 g/mol. The van der Waals surface area contributed by atoms with Crippen LogP contribution in [-0.2, 0) is 5.41 Å². The van der Waals surface area contributed by atoms with Crippen molar-refractivity contribution in [1.82, 2.24) is 25.3 Å². The Hall–Kier alpha value is -3.02. The third kappa shape index (κ3) is 2.63. The summed E-state index contributed by atoms with van der Waals surface area (Å²) >= 11 is 0. The van der Waals surface area contributed by atoms with Crippen molar-refractivity contribution in [2.75, 3.05) is 6.54 Å². The van der Waals surface area contributed by atoms with Gasteiger partial charge in [-0.2, -0.15) is 0 Å². The van der Waals surface area contributed by atoms with Gasteiger partial charge in [0.05, 0.1) is 17.0 Å². The molecule has 2 aliphatic rings. The highest BCUT2D eigenvalue weighted by Crippen LogP contribution is 2.44. The molecule has 1 saturated carbocycles. The first kappa shape index (κ1) is 16.2. The number of pyridine rings is 1. The fourth-order valence-electron chi connectivity index (χ4n) is 4.35. The summed E-state index contributed by atoms with van der Waals surface area (Å²) in [6, 6.07) is 7.74. The van der Waals surface area contributed by atoms with Crippen molar-refractivity contribution in [2.24, 2.45) is 0 Å². The Balaban J connectivity index is 1.57. The summed E-state index contributed by atoms with van der Waals surface area (Å²) in [6.45, 7) is 2.68. The highest BCUT2D eigenvalue weighted by Gasteiger charge is 2.43. The van der Waals surface area contributed by atoms with E-state index in [1.165, 1.54) is 12.8 Å². The van der Waals surface area contributed by atoms with E-state index in [1.807, 2.05) is 31.2 Å². The number of nitrogens with one attached hydrogen (secondary N) is 2. The molecule has 0 saturated heterocycles. The van der Waals surface area contributed by atoms with Crippen LogP contribution in [0.1, 0.15) is 47.4 Å². The zero-order valence-electron chi connectivity index (χ0n) is 15.2. The Labute approximate surface area is 157 Å². The molecule has 1 fully saturated rings. The average Bonchev–Trinajstić information content (AvgIpc) is 3.35. The molecule has 3 aromatic heterocycles. The van der Waals surface area contributed by atoms with Gasteiger partial charge in [0.15, 0.2) is 5.82 Å². The molecule has 136 valence electrons. The molecule has 1 aliphatic heterocycles. The van der Waals surface area contributed by atoms with Crippen LogP contribution in [0, 0.1) is 6.92 Å². The van der Waals surface area contributed by atoms with Crippen LogP contribution in [0.5, 0.6) is 0 Å².